The fourth-order valence-corrected chi connectivity index (χ4v) is 2.16. The van der Waals surface area contributed by atoms with Gasteiger partial charge in [0.15, 0.2) is 0 Å². The van der Waals surface area contributed by atoms with E-state index in [2.05, 4.69) is 0 Å². The lowest BCUT2D eigenvalue weighted by atomic mass is 10.0. The molecule has 0 saturated heterocycles. The summed E-state index contributed by atoms with van der Waals surface area (Å²) in [5, 5.41) is 0. The summed E-state index contributed by atoms with van der Waals surface area (Å²) in [5.74, 6) is -0.203. The maximum absolute atomic E-state index is 12.4. The van der Waals surface area contributed by atoms with Gasteiger partial charge in [0.2, 0.25) is 11.8 Å². The predicted molar refractivity (Wildman–Crippen MR) is 83.1 cm³/mol. The third-order valence-corrected chi connectivity index (χ3v) is 3.20. The summed E-state index contributed by atoms with van der Waals surface area (Å²) < 4.78 is 0. The minimum atomic E-state index is -0.540. The molecule has 5 heteroatoms. The van der Waals surface area contributed by atoms with Crippen molar-refractivity contribution in [2.75, 3.05) is 6.54 Å². The first-order chi connectivity index (χ1) is 9.90. The van der Waals surface area contributed by atoms with Crippen LogP contribution in [0, 0.1) is 5.92 Å². The van der Waals surface area contributed by atoms with Crippen LogP contribution in [0.3, 0.4) is 0 Å². The van der Waals surface area contributed by atoms with Gasteiger partial charge in [0.05, 0.1) is 6.04 Å². The van der Waals surface area contributed by atoms with Crippen LogP contribution in [-0.4, -0.2) is 29.3 Å². The molecule has 5 nitrogen and oxygen atoms in total. The molecule has 0 bridgehead atoms. The molecule has 4 N–H and O–H groups in total. The highest BCUT2D eigenvalue weighted by molar-refractivity contribution is 5.82. The fraction of sp³-hybridized carbons (Fsp3) is 0.500. The number of amides is 2. The van der Waals surface area contributed by atoms with E-state index in [0.717, 1.165) is 5.56 Å². The van der Waals surface area contributed by atoms with Crippen molar-refractivity contribution < 1.29 is 9.59 Å². The number of primary amides is 1. The van der Waals surface area contributed by atoms with Gasteiger partial charge in [0.1, 0.15) is 0 Å². The number of carbonyl (C=O) groups is 2. The first kappa shape index (κ1) is 17.2. The normalized spacial score (nSPS) is 12.2. The number of hydrogen-bond donors (Lipinski definition) is 2. The van der Waals surface area contributed by atoms with Gasteiger partial charge in [-0.3, -0.25) is 9.59 Å². The number of nitrogens with zero attached hydrogens (tertiary/aromatic N) is 1. The van der Waals surface area contributed by atoms with Crippen molar-refractivity contribution in [3.05, 3.63) is 35.9 Å². The molecule has 0 aliphatic carbocycles. The van der Waals surface area contributed by atoms with Gasteiger partial charge in [-0.25, -0.2) is 0 Å². The van der Waals surface area contributed by atoms with Crippen LogP contribution in [0.5, 0.6) is 0 Å². The van der Waals surface area contributed by atoms with Crippen molar-refractivity contribution in [2.24, 2.45) is 17.4 Å². The van der Waals surface area contributed by atoms with E-state index in [1.807, 2.05) is 44.2 Å². The molecule has 0 fully saturated rings. The first-order valence-corrected chi connectivity index (χ1v) is 7.26. The van der Waals surface area contributed by atoms with Gasteiger partial charge in [-0.05, 0) is 17.9 Å². The van der Waals surface area contributed by atoms with Crippen LogP contribution in [0.25, 0.3) is 0 Å². The van der Waals surface area contributed by atoms with Crippen LogP contribution in [0.15, 0.2) is 30.3 Å². The minimum Gasteiger partial charge on any atom is -0.370 e. The Bertz CT molecular complexity index is 460. The second-order valence-corrected chi connectivity index (χ2v) is 5.70. The van der Waals surface area contributed by atoms with Crippen LogP contribution in [0.1, 0.15) is 32.3 Å². The monoisotopic (exact) mass is 291 g/mol. The van der Waals surface area contributed by atoms with E-state index in [0.29, 0.717) is 25.4 Å². The molecule has 0 spiro atoms. The number of carbonyl (C=O) groups excluding carboxylic acids is 2. The molecule has 1 rings (SSSR count). The second kappa shape index (κ2) is 8.42. The van der Waals surface area contributed by atoms with Crippen molar-refractivity contribution in [2.45, 2.75) is 39.3 Å². The first-order valence-electron chi connectivity index (χ1n) is 7.26. The molecule has 1 aromatic carbocycles. The SMILES string of the molecule is CC(C)C[C@@H](N)C(=O)N(CCC(N)=O)Cc1ccccc1. The topological polar surface area (TPSA) is 89.4 Å². The zero-order chi connectivity index (χ0) is 15.8. The smallest absolute Gasteiger partial charge is 0.239 e. The van der Waals surface area contributed by atoms with Gasteiger partial charge in [-0.1, -0.05) is 44.2 Å². The Kier molecular flexibility index (Phi) is 6.88. The van der Waals surface area contributed by atoms with E-state index in [1.54, 1.807) is 4.90 Å². The van der Waals surface area contributed by atoms with Gasteiger partial charge < -0.3 is 16.4 Å². The van der Waals surface area contributed by atoms with E-state index in [1.165, 1.54) is 0 Å². The molecular formula is C16H25N3O2. The van der Waals surface area contributed by atoms with Gasteiger partial charge in [-0.2, -0.15) is 0 Å². The van der Waals surface area contributed by atoms with E-state index in [9.17, 15) is 9.59 Å². The molecule has 21 heavy (non-hydrogen) atoms. The van der Waals surface area contributed by atoms with Crippen molar-refractivity contribution in [1.82, 2.24) is 4.90 Å². The lowest BCUT2D eigenvalue weighted by Crippen LogP contribution is -2.45. The summed E-state index contributed by atoms with van der Waals surface area (Å²) in [4.78, 5) is 25.0. The summed E-state index contributed by atoms with van der Waals surface area (Å²) in [6, 6.07) is 9.10. The van der Waals surface area contributed by atoms with E-state index in [-0.39, 0.29) is 12.3 Å². The predicted octanol–water partition coefficient (Wildman–Crippen LogP) is 1.26. The Hall–Kier alpha value is -1.88. The Morgan fingerprint density at radius 1 is 1.19 bits per heavy atom. The van der Waals surface area contributed by atoms with E-state index >= 15 is 0 Å². The van der Waals surface area contributed by atoms with Crippen molar-refractivity contribution in [3.63, 3.8) is 0 Å². The minimum absolute atomic E-state index is 0.131. The largest absolute Gasteiger partial charge is 0.370 e. The molecular weight excluding hydrogens is 266 g/mol. The molecule has 0 saturated carbocycles. The van der Waals surface area contributed by atoms with Crippen LogP contribution >= 0.6 is 0 Å². The maximum atomic E-state index is 12.4. The number of hydrogen-bond acceptors (Lipinski definition) is 3. The maximum Gasteiger partial charge on any atom is 0.239 e. The van der Waals surface area contributed by atoms with Gasteiger partial charge in [0, 0.05) is 19.5 Å². The third-order valence-electron chi connectivity index (χ3n) is 3.20. The number of nitrogens with two attached hydrogens (primary N) is 2. The standard InChI is InChI=1S/C16H25N3O2/c1-12(2)10-14(17)16(21)19(9-8-15(18)20)11-13-6-4-3-5-7-13/h3-7,12,14H,8-11,17H2,1-2H3,(H2,18,20)/t14-/m1/s1. The highest BCUT2D eigenvalue weighted by Crippen LogP contribution is 2.10. The fourth-order valence-electron chi connectivity index (χ4n) is 2.16. The molecule has 1 aromatic rings. The van der Waals surface area contributed by atoms with Crippen molar-refractivity contribution in [3.8, 4) is 0 Å². The highest BCUT2D eigenvalue weighted by atomic mass is 16.2. The van der Waals surface area contributed by atoms with Crippen LogP contribution in [-0.2, 0) is 16.1 Å². The summed E-state index contributed by atoms with van der Waals surface area (Å²) >= 11 is 0. The second-order valence-electron chi connectivity index (χ2n) is 5.70. The molecule has 116 valence electrons. The molecule has 0 radical (unpaired) electrons. The van der Waals surface area contributed by atoms with E-state index < -0.39 is 11.9 Å². The average molecular weight is 291 g/mol. The van der Waals surface area contributed by atoms with Crippen LogP contribution < -0.4 is 11.5 Å². The zero-order valence-electron chi connectivity index (χ0n) is 12.8. The summed E-state index contributed by atoms with van der Waals surface area (Å²) in [6.07, 6.45) is 0.771. The Morgan fingerprint density at radius 3 is 2.33 bits per heavy atom. The third kappa shape index (κ3) is 6.40. The molecule has 1 atom stereocenters. The summed E-state index contributed by atoms with van der Waals surface area (Å²) in [5.41, 5.74) is 12.2. The molecule has 0 aliphatic rings. The number of rotatable bonds is 8. The molecule has 0 aromatic heterocycles. The molecule has 0 heterocycles. The average Bonchev–Trinajstić information content (AvgIpc) is 2.42. The Balaban J connectivity index is 2.75. The zero-order valence-corrected chi connectivity index (χ0v) is 12.8. The quantitative estimate of drug-likeness (QED) is 0.755. The van der Waals surface area contributed by atoms with Crippen LogP contribution in [0.4, 0.5) is 0 Å². The Labute approximate surface area is 126 Å². The summed E-state index contributed by atoms with van der Waals surface area (Å²) in [6.45, 7) is 4.80. The van der Waals surface area contributed by atoms with Crippen LogP contribution in [0.2, 0.25) is 0 Å². The van der Waals surface area contributed by atoms with Crippen molar-refractivity contribution >= 4 is 11.8 Å². The van der Waals surface area contributed by atoms with Gasteiger partial charge in [-0.15, -0.1) is 0 Å². The van der Waals surface area contributed by atoms with Gasteiger partial charge in [0.25, 0.3) is 0 Å². The van der Waals surface area contributed by atoms with Gasteiger partial charge >= 0.3 is 0 Å². The highest BCUT2D eigenvalue weighted by Gasteiger charge is 2.22. The summed E-state index contributed by atoms with van der Waals surface area (Å²) in [7, 11) is 0. The lowest BCUT2D eigenvalue weighted by Gasteiger charge is -2.26. The van der Waals surface area contributed by atoms with E-state index in [4.69, 9.17) is 11.5 Å². The molecule has 2 amide bonds. The number of benzene rings is 1. The molecule has 0 unspecified atom stereocenters. The molecule has 0 aliphatic heterocycles. The lowest BCUT2D eigenvalue weighted by molar-refractivity contribution is -0.134. The van der Waals surface area contributed by atoms with Crippen molar-refractivity contribution in [1.29, 1.82) is 0 Å². The Morgan fingerprint density at radius 2 is 1.81 bits per heavy atom.